The average Bonchev–Trinajstić information content (AvgIpc) is 3.45. The molecule has 0 fully saturated rings. The van der Waals surface area contributed by atoms with Crippen molar-refractivity contribution >= 4 is 11.8 Å². The Hall–Kier alpha value is -3.74. The first kappa shape index (κ1) is 23.0. The number of aryl methyl sites for hydroxylation is 3. The summed E-state index contributed by atoms with van der Waals surface area (Å²) < 4.78 is 24.7. The quantitative estimate of drug-likeness (QED) is 0.358. The van der Waals surface area contributed by atoms with Crippen LogP contribution in [0.25, 0.3) is 0 Å². The number of hydrogen-bond acceptors (Lipinski definition) is 6. The number of carbonyl (C=O) groups is 2. The molecule has 0 N–H and O–H groups in total. The maximum Gasteiger partial charge on any atom is 0.344 e. The van der Waals surface area contributed by atoms with E-state index in [0.29, 0.717) is 24.5 Å². The van der Waals surface area contributed by atoms with Gasteiger partial charge < -0.3 is 23.5 Å². The smallest absolute Gasteiger partial charge is 0.344 e. The van der Waals surface area contributed by atoms with Gasteiger partial charge in [0.05, 0.1) is 6.54 Å². The molecule has 0 unspecified atom stereocenters. The van der Waals surface area contributed by atoms with Crippen LogP contribution in [-0.2, 0) is 28.9 Å². The van der Waals surface area contributed by atoms with E-state index in [4.69, 9.17) is 18.9 Å². The average molecular weight is 476 g/mol. The third-order valence-corrected chi connectivity index (χ3v) is 6.62. The summed E-state index contributed by atoms with van der Waals surface area (Å²) in [6.07, 6.45) is 3.11. The van der Waals surface area contributed by atoms with Crippen LogP contribution in [0, 0.1) is 13.8 Å². The summed E-state index contributed by atoms with van der Waals surface area (Å²) in [5, 5.41) is 0. The van der Waals surface area contributed by atoms with E-state index < -0.39 is 5.97 Å². The van der Waals surface area contributed by atoms with Gasteiger partial charge in [0.25, 0.3) is 0 Å². The lowest BCUT2D eigenvalue weighted by Gasteiger charge is -2.27. The van der Waals surface area contributed by atoms with Crippen molar-refractivity contribution in [3.05, 3.63) is 76.6 Å². The summed E-state index contributed by atoms with van der Waals surface area (Å²) in [4.78, 5) is 25.0. The van der Waals surface area contributed by atoms with Gasteiger partial charge in [-0.05, 0) is 74.6 Å². The van der Waals surface area contributed by atoms with Crippen molar-refractivity contribution < 1.29 is 28.5 Å². The standard InChI is InChI=1S/C28H29NO6/c1-18-12-24(19(2)29(18)14-23-15-33-26-8-3-4-9-27(26)35-23)25(30)16-34-28(31)17-32-22-11-10-20-6-5-7-21(20)13-22/h3-4,8-13,23H,5-7,14-17H2,1-2H3/t23-/m0/s1. The number of esters is 1. The molecule has 182 valence electrons. The van der Waals surface area contributed by atoms with Gasteiger partial charge in [0.2, 0.25) is 5.78 Å². The first-order valence-corrected chi connectivity index (χ1v) is 12.0. The van der Waals surface area contributed by atoms with Crippen molar-refractivity contribution in [1.82, 2.24) is 4.57 Å². The van der Waals surface area contributed by atoms with Crippen LogP contribution in [0.3, 0.4) is 0 Å². The predicted molar refractivity (Wildman–Crippen MR) is 130 cm³/mol. The van der Waals surface area contributed by atoms with Gasteiger partial charge in [0.1, 0.15) is 12.4 Å². The van der Waals surface area contributed by atoms with Crippen molar-refractivity contribution in [3.63, 3.8) is 0 Å². The van der Waals surface area contributed by atoms with E-state index in [9.17, 15) is 9.59 Å². The molecule has 3 aromatic rings. The van der Waals surface area contributed by atoms with Crippen molar-refractivity contribution in [2.45, 2.75) is 45.8 Å². The Balaban J connectivity index is 1.14. The monoisotopic (exact) mass is 475 g/mol. The van der Waals surface area contributed by atoms with Gasteiger partial charge in [-0.1, -0.05) is 18.2 Å². The molecule has 5 rings (SSSR count). The van der Waals surface area contributed by atoms with E-state index in [2.05, 4.69) is 0 Å². The molecular weight excluding hydrogens is 446 g/mol. The van der Waals surface area contributed by atoms with Crippen LogP contribution in [0.4, 0.5) is 0 Å². The Bertz CT molecular complexity index is 1260. The molecule has 7 heteroatoms. The number of Topliss-reactive ketones (excluding diaryl/α,β-unsaturated/α-hetero) is 1. The largest absolute Gasteiger partial charge is 0.486 e. The zero-order valence-corrected chi connectivity index (χ0v) is 20.0. The third-order valence-electron chi connectivity index (χ3n) is 6.62. The first-order chi connectivity index (χ1) is 17.0. The number of aromatic nitrogens is 1. The number of nitrogens with zero attached hydrogens (tertiary/aromatic N) is 1. The molecule has 0 radical (unpaired) electrons. The molecule has 1 aliphatic carbocycles. The molecule has 1 atom stereocenters. The van der Waals surface area contributed by atoms with Gasteiger partial charge in [0, 0.05) is 17.0 Å². The second-order valence-corrected chi connectivity index (χ2v) is 9.05. The molecule has 0 bridgehead atoms. The third kappa shape index (κ3) is 5.04. The van der Waals surface area contributed by atoms with Gasteiger partial charge in [-0.2, -0.15) is 0 Å². The molecule has 1 aliphatic heterocycles. The van der Waals surface area contributed by atoms with Crippen LogP contribution in [0.5, 0.6) is 17.2 Å². The molecule has 2 aromatic carbocycles. The maximum absolute atomic E-state index is 12.8. The van der Waals surface area contributed by atoms with Crippen LogP contribution in [0.2, 0.25) is 0 Å². The highest BCUT2D eigenvalue weighted by molar-refractivity contribution is 5.99. The molecule has 7 nitrogen and oxygen atoms in total. The highest BCUT2D eigenvalue weighted by atomic mass is 16.6. The molecule has 0 amide bonds. The van der Waals surface area contributed by atoms with Gasteiger partial charge in [-0.3, -0.25) is 4.79 Å². The highest BCUT2D eigenvalue weighted by Crippen LogP contribution is 2.32. The van der Waals surface area contributed by atoms with E-state index in [0.717, 1.165) is 42.1 Å². The number of fused-ring (bicyclic) bond motifs is 2. The van der Waals surface area contributed by atoms with Gasteiger partial charge >= 0.3 is 5.97 Å². The molecular formula is C28H29NO6. The molecule has 1 aromatic heterocycles. The summed E-state index contributed by atoms with van der Waals surface area (Å²) in [5.41, 5.74) is 4.89. The summed E-state index contributed by atoms with van der Waals surface area (Å²) in [5.74, 6) is 1.29. The molecule has 35 heavy (non-hydrogen) atoms. The fourth-order valence-electron chi connectivity index (χ4n) is 4.77. The fourth-order valence-corrected chi connectivity index (χ4v) is 4.77. The Morgan fingerprint density at radius 1 is 1.00 bits per heavy atom. The van der Waals surface area contributed by atoms with E-state index in [1.54, 1.807) is 0 Å². The van der Waals surface area contributed by atoms with E-state index in [1.807, 2.05) is 66.9 Å². The normalized spacial score (nSPS) is 16.0. The lowest BCUT2D eigenvalue weighted by atomic mass is 10.1. The van der Waals surface area contributed by atoms with Gasteiger partial charge in [0.15, 0.2) is 30.8 Å². The maximum atomic E-state index is 12.8. The van der Waals surface area contributed by atoms with Crippen molar-refractivity contribution in [2.75, 3.05) is 19.8 Å². The minimum absolute atomic E-state index is 0.174. The SMILES string of the molecule is Cc1cc(C(=O)COC(=O)COc2ccc3c(c2)CCC3)c(C)n1C[C@H]1COc2ccccc2O1. The Morgan fingerprint density at radius 2 is 1.80 bits per heavy atom. The Kier molecular flexibility index (Phi) is 6.49. The van der Waals surface area contributed by atoms with Crippen LogP contribution >= 0.6 is 0 Å². The number of hydrogen-bond donors (Lipinski definition) is 0. The van der Waals surface area contributed by atoms with Crippen LogP contribution in [0.1, 0.15) is 39.3 Å². The van der Waals surface area contributed by atoms with Crippen molar-refractivity contribution in [3.8, 4) is 17.2 Å². The number of ether oxygens (including phenoxy) is 4. The van der Waals surface area contributed by atoms with Crippen LogP contribution in [0.15, 0.2) is 48.5 Å². The highest BCUT2D eigenvalue weighted by Gasteiger charge is 2.24. The van der Waals surface area contributed by atoms with Gasteiger partial charge in [-0.15, -0.1) is 0 Å². The van der Waals surface area contributed by atoms with Crippen LogP contribution < -0.4 is 14.2 Å². The van der Waals surface area contributed by atoms with Crippen LogP contribution in [-0.4, -0.2) is 42.2 Å². The van der Waals surface area contributed by atoms with Crippen molar-refractivity contribution in [1.29, 1.82) is 0 Å². The fraction of sp³-hybridized carbons (Fsp3) is 0.357. The number of para-hydroxylation sites is 2. The summed E-state index contributed by atoms with van der Waals surface area (Å²) in [6.45, 7) is 4.25. The molecule has 0 saturated carbocycles. The van der Waals surface area contributed by atoms with Gasteiger partial charge in [-0.25, -0.2) is 4.79 Å². The number of benzene rings is 2. The minimum Gasteiger partial charge on any atom is -0.486 e. The predicted octanol–water partition coefficient (Wildman–Crippen LogP) is 4.24. The zero-order valence-electron chi connectivity index (χ0n) is 20.0. The Labute approximate surface area is 204 Å². The van der Waals surface area contributed by atoms with E-state index >= 15 is 0 Å². The van der Waals surface area contributed by atoms with E-state index in [1.165, 1.54) is 11.1 Å². The Morgan fingerprint density at radius 3 is 2.66 bits per heavy atom. The number of ketones is 1. The lowest BCUT2D eigenvalue weighted by Crippen LogP contribution is -2.33. The molecule has 0 spiro atoms. The second kappa shape index (κ2) is 9.86. The lowest BCUT2D eigenvalue weighted by molar-refractivity contribution is -0.144. The zero-order chi connectivity index (χ0) is 24.4. The molecule has 2 aliphatic rings. The molecule has 2 heterocycles. The first-order valence-electron chi connectivity index (χ1n) is 12.0. The summed E-state index contributed by atoms with van der Waals surface area (Å²) in [7, 11) is 0. The topological polar surface area (TPSA) is 76.0 Å². The summed E-state index contributed by atoms with van der Waals surface area (Å²) in [6, 6.07) is 15.3. The minimum atomic E-state index is -0.570. The molecule has 0 saturated heterocycles. The second-order valence-electron chi connectivity index (χ2n) is 9.05. The number of rotatable bonds is 8. The number of carbonyl (C=O) groups excluding carboxylic acids is 2. The summed E-state index contributed by atoms with van der Waals surface area (Å²) >= 11 is 0. The van der Waals surface area contributed by atoms with E-state index in [-0.39, 0.29) is 25.1 Å². The van der Waals surface area contributed by atoms with Crippen molar-refractivity contribution in [2.24, 2.45) is 0 Å².